The Hall–Kier alpha value is -3.48. The van der Waals surface area contributed by atoms with Crippen molar-refractivity contribution in [2.45, 2.75) is 20.8 Å². The maximum atomic E-state index is 12.7. The lowest BCUT2D eigenvalue weighted by Gasteiger charge is -2.15. The number of carbonyl (C=O) groups excluding carboxylic acids is 4. The highest BCUT2D eigenvalue weighted by Gasteiger charge is 2.36. The van der Waals surface area contributed by atoms with Gasteiger partial charge in [0.1, 0.15) is 0 Å². The van der Waals surface area contributed by atoms with E-state index in [1.165, 1.54) is 30.2 Å². The van der Waals surface area contributed by atoms with E-state index in [-0.39, 0.29) is 23.0 Å². The van der Waals surface area contributed by atoms with Crippen molar-refractivity contribution < 1.29 is 23.9 Å². The molecule has 29 heavy (non-hydrogen) atoms. The Morgan fingerprint density at radius 2 is 1.76 bits per heavy atom. The number of hydrogen-bond donors (Lipinski definition) is 1. The first-order valence-electron chi connectivity index (χ1n) is 9.24. The number of fused-ring (bicyclic) bond motifs is 1. The van der Waals surface area contributed by atoms with E-state index in [2.05, 4.69) is 5.32 Å². The number of nitrogens with zero attached hydrogens (tertiary/aromatic N) is 1. The van der Waals surface area contributed by atoms with Gasteiger partial charge in [-0.25, -0.2) is 4.79 Å². The molecule has 0 radical (unpaired) electrons. The van der Waals surface area contributed by atoms with Crippen molar-refractivity contribution >= 4 is 29.4 Å². The topological polar surface area (TPSA) is 92.8 Å². The number of esters is 1. The Morgan fingerprint density at radius 3 is 2.41 bits per heavy atom. The van der Waals surface area contributed by atoms with Gasteiger partial charge in [-0.15, -0.1) is 0 Å². The van der Waals surface area contributed by atoms with Crippen LogP contribution in [0.25, 0.3) is 0 Å². The van der Waals surface area contributed by atoms with Crippen molar-refractivity contribution in [3.63, 3.8) is 0 Å². The number of nitrogens with one attached hydrogen (secondary N) is 1. The molecule has 0 aliphatic carbocycles. The Kier molecular flexibility index (Phi) is 5.50. The van der Waals surface area contributed by atoms with Gasteiger partial charge in [0, 0.05) is 17.8 Å². The molecular formula is C22H22N2O5. The van der Waals surface area contributed by atoms with E-state index in [0.717, 1.165) is 0 Å². The zero-order valence-corrected chi connectivity index (χ0v) is 16.7. The molecule has 1 aliphatic rings. The van der Waals surface area contributed by atoms with Crippen LogP contribution in [0.4, 0.5) is 5.69 Å². The van der Waals surface area contributed by atoms with Gasteiger partial charge in [0.2, 0.25) is 0 Å². The Morgan fingerprint density at radius 1 is 1.07 bits per heavy atom. The summed E-state index contributed by atoms with van der Waals surface area (Å²) in [5, 5.41) is 2.75. The monoisotopic (exact) mass is 394 g/mol. The van der Waals surface area contributed by atoms with Crippen molar-refractivity contribution in [2.24, 2.45) is 5.92 Å². The van der Waals surface area contributed by atoms with Gasteiger partial charge in [-0.1, -0.05) is 19.9 Å². The second-order valence-corrected chi connectivity index (χ2v) is 7.30. The van der Waals surface area contributed by atoms with Crippen LogP contribution in [0, 0.1) is 12.8 Å². The smallest absolute Gasteiger partial charge is 0.338 e. The minimum absolute atomic E-state index is 0.144. The quantitative estimate of drug-likeness (QED) is 0.621. The van der Waals surface area contributed by atoms with Crippen molar-refractivity contribution in [3.8, 4) is 0 Å². The van der Waals surface area contributed by atoms with Crippen LogP contribution in [0.15, 0.2) is 36.4 Å². The molecule has 0 saturated heterocycles. The molecule has 1 N–H and O–H groups in total. The number of ether oxygens (including phenoxy) is 1. The first-order chi connectivity index (χ1) is 13.7. The predicted octanol–water partition coefficient (Wildman–Crippen LogP) is 3.29. The molecule has 0 bridgehead atoms. The van der Waals surface area contributed by atoms with Gasteiger partial charge in [-0.3, -0.25) is 19.3 Å². The number of amides is 3. The van der Waals surface area contributed by atoms with Crippen LogP contribution in [-0.4, -0.2) is 42.2 Å². The number of rotatable bonds is 5. The average molecular weight is 394 g/mol. The van der Waals surface area contributed by atoms with Crippen molar-refractivity contribution in [1.29, 1.82) is 0 Å². The van der Waals surface area contributed by atoms with Gasteiger partial charge in [0.25, 0.3) is 17.7 Å². The molecule has 7 heteroatoms. The summed E-state index contributed by atoms with van der Waals surface area (Å²) in [5.74, 6) is -1.53. The van der Waals surface area contributed by atoms with Gasteiger partial charge >= 0.3 is 5.97 Å². The van der Waals surface area contributed by atoms with Crippen molar-refractivity contribution in [1.82, 2.24) is 4.90 Å². The highest BCUT2D eigenvalue weighted by molar-refractivity contribution is 6.22. The number of anilines is 1. The predicted molar refractivity (Wildman–Crippen MR) is 107 cm³/mol. The minimum Gasteiger partial charge on any atom is -0.465 e. The van der Waals surface area contributed by atoms with Gasteiger partial charge in [-0.05, 0) is 48.7 Å². The maximum absolute atomic E-state index is 12.7. The van der Waals surface area contributed by atoms with E-state index >= 15 is 0 Å². The largest absolute Gasteiger partial charge is 0.465 e. The summed E-state index contributed by atoms with van der Waals surface area (Å²) < 4.78 is 4.75. The zero-order valence-electron chi connectivity index (χ0n) is 16.7. The molecule has 1 aliphatic heterocycles. The molecule has 7 nitrogen and oxygen atoms in total. The minimum atomic E-state index is -0.495. The molecule has 3 rings (SSSR count). The second kappa shape index (κ2) is 7.87. The molecule has 1 heterocycles. The number of hydrogen-bond acceptors (Lipinski definition) is 5. The van der Waals surface area contributed by atoms with E-state index < -0.39 is 17.8 Å². The summed E-state index contributed by atoms with van der Waals surface area (Å²) in [4.78, 5) is 50.8. The average Bonchev–Trinajstić information content (AvgIpc) is 2.93. The lowest BCUT2D eigenvalue weighted by atomic mass is 10.0. The van der Waals surface area contributed by atoms with E-state index in [0.29, 0.717) is 28.9 Å². The van der Waals surface area contributed by atoms with Gasteiger partial charge in [0.15, 0.2) is 0 Å². The second-order valence-electron chi connectivity index (χ2n) is 7.30. The summed E-state index contributed by atoms with van der Waals surface area (Å²) in [6.07, 6.45) is 0. The first kappa shape index (κ1) is 20.3. The van der Waals surface area contributed by atoms with Crippen LogP contribution in [0.5, 0.6) is 0 Å². The third-order valence-electron chi connectivity index (χ3n) is 4.77. The lowest BCUT2D eigenvalue weighted by Crippen LogP contribution is -2.33. The zero-order chi connectivity index (χ0) is 21.3. The van der Waals surface area contributed by atoms with Crippen LogP contribution in [-0.2, 0) is 4.74 Å². The molecule has 0 saturated carbocycles. The van der Waals surface area contributed by atoms with Crippen molar-refractivity contribution in [2.75, 3.05) is 19.0 Å². The van der Waals surface area contributed by atoms with E-state index in [4.69, 9.17) is 4.74 Å². The fourth-order valence-electron chi connectivity index (χ4n) is 3.26. The van der Waals surface area contributed by atoms with Gasteiger partial charge < -0.3 is 10.1 Å². The highest BCUT2D eigenvalue weighted by atomic mass is 16.5. The summed E-state index contributed by atoms with van der Waals surface area (Å²) >= 11 is 0. The lowest BCUT2D eigenvalue weighted by molar-refractivity contribution is 0.0596. The van der Waals surface area contributed by atoms with E-state index in [1.54, 1.807) is 25.1 Å². The van der Waals surface area contributed by atoms with Crippen LogP contribution >= 0.6 is 0 Å². The molecule has 3 amide bonds. The Balaban J connectivity index is 1.87. The fraction of sp³-hybridized carbons (Fsp3) is 0.273. The Labute approximate surface area is 168 Å². The summed E-state index contributed by atoms with van der Waals surface area (Å²) in [6.45, 7) is 5.88. The third-order valence-corrected chi connectivity index (χ3v) is 4.77. The number of carbonyl (C=O) groups is 4. The molecule has 0 spiro atoms. The highest BCUT2D eigenvalue weighted by Crippen LogP contribution is 2.26. The SMILES string of the molecule is COC(=O)c1cccc(NC(=O)c2ccc3c(c2)C(=O)N(CC(C)C)C3=O)c1C. The molecule has 0 atom stereocenters. The molecule has 0 aromatic heterocycles. The number of benzene rings is 2. The Bertz CT molecular complexity index is 1030. The molecule has 0 fully saturated rings. The molecule has 0 unspecified atom stereocenters. The van der Waals surface area contributed by atoms with Crippen LogP contribution in [0.3, 0.4) is 0 Å². The van der Waals surface area contributed by atoms with Crippen LogP contribution in [0.1, 0.15) is 60.8 Å². The van der Waals surface area contributed by atoms with E-state index in [1.807, 2.05) is 13.8 Å². The fourth-order valence-corrected chi connectivity index (χ4v) is 3.26. The van der Waals surface area contributed by atoms with Gasteiger partial charge in [0.05, 0.1) is 23.8 Å². The summed E-state index contributed by atoms with van der Waals surface area (Å²) in [7, 11) is 1.29. The number of methoxy groups -OCH3 is 1. The van der Waals surface area contributed by atoms with Crippen LogP contribution in [0.2, 0.25) is 0 Å². The standard InChI is InChI=1S/C22H22N2O5/c1-12(2)11-24-20(26)16-9-8-14(10-17(16)21(24)27)19(25)23-18-7-5-6-15(13(18)3)22(28)29-4/h5-10,12H,11H2,1-4H3,(H,23,25). The summed E-state index contributed by atoms with van der Waals surface area (Å²) in [5.41, 5.74) is 2.16. The third kappa shape index (κ3) is 3.76. The van der Waals surface area contributed by atoms with Gasteiger partial charge in [-0.2, -0.15) is 0 Å². The summed E-state index contributed by atoms with van der Waals surface area (Å²) in [6, 6.07) is 9.38. The first-order valence-corrected chi connectivity index (χ1v) is 9.24. The molecular weight excluding hydrogens is 372 g/mol. The van der Waals surface area contributed by atoms with E-state index in [9.17, 15) is 19.2 Å². The molecule has 2 aromatic rings. The molecule has 2 aromatic carbocycles. The van der Waals surface area contributed by atoms with Crippen LogP contribution < -0.4 is 5.32 Å². The van der Waals surface area contributed by atoms with Crippen molar-refractivity contribution in [3.05, 3.63) is 64.2 Å². The normalized spacial score (nSPS) is 12.9. The maximum Gasteiger partial charge on any atom is 0.338 e. The number of imide groups is 1. The molecule has 150 valence electrons.